The number of fused-ring (bicyclic) bond motifs is 2. The molecule has 1 atom stereocenters. The van der Waals surface area contributed by atoms with Crippen LogP contribution in [0.1, 0.15) is 37.7 Å². The maximum atomic E-state index is 12.3. The van der Waals surface area contributed by atoms with Crippen molar-refractivity contribution in [2.45, 2.75) is 42.5 Å². The summed E-state index contributed by atoms with van der Waals surface area (Å²) in [5.74, 6) is 0.469. The van der Waals surface area contributed by atoms with Crippen LogP contribution in [0.3, 0.4) is 0 Å². The molecule has 4 aromatic rings. The summed E-state index contributed by atoms with van der Waals surface area (Å²) in [4.78, 5) is 17.2. The summed E-state index contributed by atoms with van der Waals surface area (Å²) < 4.78 is 7.22. The molecule has 4 nitrogen and oxygen atoms in total. The lowest BCUT2D eigenvalue weighted by Crippen LogP contribution is -2.18. The van der Waals surface area contributed by atoms with Crippen LogP contribution < -0.4 is 0 Å². The van der Waals surface area contributed by atoms with Crippen molar-refractivity contribution in [2.75, 3.05) is 7.11 Å². The molecule has 0 radical (unpaired) electrons. The molecule has 5 heteroatoms. The van der Waals surface area contributed by atoms with E-state index in [-0.39, 0.29) is 11.2 Å². The van der Waals surface area contributed by atoms with E-state index in [4.69, 9.17) is 9.72 Å². The minimum Gasteiger partial charge on any atom is -0.468 e. The van der Waals surface area contributed by atoms with Crippen LogP contribution in [0.2, 0.25) is 0 Å². The molecule has 1 unspecified atom stereocenters. The van der Waals surface area contributed by atoms with Gasteiger partial charge in [0.05, 0.1) is 23.8 Å². The Morgan fingerprint density at radius 3 is 2.57 bits per heavy atom. The van der Waals surface area contributed by atoms with Crippen LogP contribution in [0.25, 0.3) is 27.5 Å². The number of thioether (sulfide) groups is 1. The summed E-state index contributed by atoms with van der Waals surface area (Å²) in [5.41, 5.74) is 4.51. The standard InChI is InChI=1S/C25H24N2O2S/c1-3-23(24(28)29-2)30-25-26-20-10-6-7-11-22(20)27(25)21-15-14-17(16-12-13-16)18-8-4-5-9-19(18)21/h4-11,14-16,23H,3,12-13H2,1-2H3. The normalized spacial score (nSPS) is 14.9. The van der Waals surface area contributed by atoms with Gasteiger partial charge < -0.3 is 4.74 Å². The first-order valence-electron chi connectivity index (χ1n) is 10.4. The topological polar surface area (TPSA) is 44.1 Å². The zero-order valence-corrected chi connectivity index (χ0v) is 18.0. The van der Waals surface area contributed by atoms with Crippen molar-refractivity contribution in [3.8, 4) is 5.69 Å². The van der Waals surface area contributed by atoms with E-state index in [0.29, 0.717) is 12.3 Å². The number of methoxy groups -OCH3 is 1. The second kappa shape index (κ2) is 7.80. The van der Waals surface area contributed by atoms with Crippen molar-refractivity contribution >= 4 is 39.5 Å². The summed E-state index contributed by atoms with van der Waals surface area (Å²) in [7, 11) is 1.44. The highest BCUT2D eigenvalue weighted by Crippen LogP contribution is 2.44. The summed E-state index contributed by atoms with van der Waals surface area (Å²) in [6.07, 6.45) is 3.23. The van der Waals surface area contributed by atoms with E-state index in [1.165, 1.54) is 48.0 Å². The van der Waals surface area contributed by atoms with E-state index >= 15 is 0 Å². The molecular weight excluding hydrogens is 392 g/mol. The van der Waals surface area contributed by atoms with Gasteiger partial charge in [-0.2, -0.15) is 0 Å². The van der Waals surface area contributed by atoms with Gasteiger partial charge in [-0.25, -0.2) is 4.98 Å². The van der Waals surface area contributed by atoms with Crippen LogP contribution in [0.5, 0.6) is 0 Å². The fourth-order valence-corrected chi connectivity index (χ4v) is 5.19. The fourth-order valence-electron chi connectivity index (χ4n) is 4.12. The van der Waals surface area contributed by atoms with E-state index in [9.17, 15) is 4.79 Å². The lowest BCUT2D eigenvalue weighted by Gasteiger charge is -2.16. The van der Waals surface area contributed by atoms with Gasteiger partial charge in [0.15, 0.2) is 5.16 Å². The number of aromatic nitrogens is 2. The third kappa shape index (κ3) is 3.27. The van der Waals surface area contributed by atoms with E-state index in [1.54, 1.807) is 0 Å². The number of carbonyl (C=O) groups excluding carboxylic acids is 1. The number of esters is 1. The van der Waals surface area contributed by atoms with Crippen LogP contribution in [0.15, 0.2) is 65.8 Å². The minimum absolute atomic E-state index is 0.213. The predicted molar refractivity (Wildman–Crippen MR) is 123 cm³/mol. The molecule has 152 valence electrons. The Morgan fingerprint density at radius 2 is 1.83 bits per heavy atom. The van der Waals surface area contributed by atoms with E-state index < -0.39 is 0 Å². The molecule has 1 heterocycles. The first kappa shape index (κ1) is 19.2. The lowest BCUT2D eigenvalue weighted by molar-refractivity contribution is -0.140. The van der Waals surface area contributed by atoms with Gasteiger partial charge in [0.2, 0.25) is 0 Å². The molecule has 0 aliphatic heterocycles. The molecule has 1 fully saturated rings. The second-order valence-corrected chi connectivity index (χ2v) is 8.92. The maximum Gasteiger partial charge on any atom is 0.319 e. The highest BCUT2D eigenvalue weighted by Gasteiger charge is 2.27. The van der Waals surface area contributed by atoms with Gasteiger partial charge in [0, 0.05) is 5.39 Å². The van der Waals surface area contributed by atoms with E-state index in [2.05, 4.69) is 47.0 Å². The monoisotopic (exact) mass is 416 g/mol. The molecule has 0 saturated heterocycles. The number of rotatable bonds is 6. The van der Waals surface area contributed by atoms with Crippen LogP contribution in [0, 0.1) is 0 Å². The highest BCUT2D eigenvalue weighted by molar-refractivity contribution is 8.00. The Morgan fingerprint density at radius 1 is 1.10 bits per heavy atom. The molecule has 0 amide bonds. The van der Waals surface area contributed by atoms with Crippen molar-refractivity contribution < 1.29 is 9.53 Å². The zero-order valence-electron chi connectivity index (χ0n) is 17.2. The van der Waals surface area contributed by atoms with Gasteiger partial charge in [-0.3, -0.25) is 9.36 Å². The average Bonchev–Trinajstić information content (AvgIpc) is 3.57. The molecule has 3 aromatic carbocycles. The van der Waals surface area contributed by atoms with Crippen LogP contribution in [0.4, 0.5) is 0 Å². The number of para-hydroxylation sites is 2. The number of hydrogen-bond acceptors (Lipinski definition) is 4. The number of ether oxygens (including phenoxy) is 1. The molecular formula is C25H24N2O2S. The molecule has 0 bridgehead atoms. The first-order chi connectivity index (χ1) is 14.7. The van der Waals surface area contributed by atoms with Crippen LogP contribution in [-0.2, 0) is 9.53 Å². The summed E-state index contributed by atoms with van der Waals surface area (Å²) in [6.45, 7) is 2.00. The van der Waals surface area contributed by atoms with E-state index in [0.717, 1.165) is 21.9 Å². The number of carbonyl (C=O) groups is 1. The number of benzene rings is 3. The molecule has 1 aliphatic carbocycles. The van der Waals surface area contributed by atoms with Crippen LogP contribution in [-0.4, -0.2) is 27.9 Å². The van der Waals surface area contributed by atoms with Gasteiger partial charge in [-0.1, -0.05) is 61.2 Å². The van der Waals surface area contributed by atoms with Gasteiger partial charge >= 0.3 is 5.97 Å². The van der Waals surface area contributed by atoms with Crippen molar-refractivity contribution in [2.24, 2.45) is 0 Å². The Balaban J connectivity index is 1.73. The van der Waals surface area contributed by atoms with Crippen molar-refractivity contribution in [1.82, 2.24) is 9.55 Å². The fraction of sp³-hybridized carbons (Fsp3) is 0.280. The van der Waals surface area contributed by atoms with Crippen molar-refractivity contribution in [1.29, 1.82) is 0 Å². The number of imidazole rings is 1. The number of hydrogen-bond donors (Lipinski definition) is 0. The van der Waals surface area contributed by atoms with E-state index in [1.807, 2.05) is 25.1 Å². The molecule has 1 aliphatic rings. The summed E-state index contributed by atoms with van der Waals surface area (Å²) >= 11 is 1.48. The largest absolute Gasteiger partial charge is 0.468 e. The molecule has 1 aromatic heterocycles. The smallest absolute Gasteiger partial charge is 0.319 e. The summed E-state index contributed by atoms with van der Waals surface area (Å²) in [5, 5.41) is 3.06. The minimum atomic E-state index is -0.289. The third-order valence-corrected chi connectivity index (χ3v) is 7.10. The maximum absolute atomic E-state index is 12.3. The molecule has 5 rings (SSSR count). The van der Waals surface area contributed by atoms with Gasteiger partial charge in [-0.15, -0.1) is 0 Å². The van der Waals surface area contributed by atoms with Crippen molar-refractivity contribution in [3.63, 3.8) is 0 Å². The molecule has 30 heavy (non-hydrogen) atoms. The second-order valence-electron chi connectivity index (χ2n) is 7.75. The Labute approximate surface area is 180 Å². The van der Waals surface area contributed by atoms with Crippen molar-refractivity contribution in [3.05, 3.63) is 66.2 Å². The Kier molecular flexibility index (Phi) is 4.99. The first-order valence-corrected chi connectivity index (χ1v) is 11.3. The van der Waals surface area contributed by atoms with Gasteiger partial charge in [-0.05, 0) is 54.3 Å². The summed E-state index contributed by atoms with van der Waals surface area (Å²) in [6, 6.07) is 21.3. The third-order valence-electron chi connectivity index (χ3n) is 5.81. The zero-order chi connectivity index (χ0) is 20.7. The predicted octanol–water partition coefficient (Wildman–Crippen LogP) is 6.10. The van der Waals surface area contributed by atoms with Gasteiger partial charge in [0.25, 0.3) is 0 Å². The quantitative estimate of drug-likeness (QED) is 0.281. The molecule has 0 N–H and O–H groups in total. The molecule has 1 saturated carbocycles. The lowest BCUT2D eigenvalue weighted by atomic mass is 9.99. The average molecular weight is 417 g/mol. The SMILES string of the molecule is CCC(Sc1nc2ccccc2n1-c1ccc(C2CC2)c2ccccc12)C(=O)OC. The Bertz CT molecular complexity index is 1240. The number of nitrogens with zero attached hydrogens (tertiary/aromatic N) is 2. The highest BCUT2D eigenvalue weighted by atomic mass is 32.2. The molecule has 0 spiro atoms. The van der Waals surface area contributed by atoms with Crippen LogP contribution >= 0.6 is 11.8 Å². The Hall–Kier alpha value is -2.79. The van der Waals surface area contributed by atoms with Gasteiger partial charge in [0.1, 0.15) is 5.25 Å².